The van der Waals surface area contributed by atoms with Crippen LogP contribution in [0.15, 0.2) is 24.3 Å². The first-order valence-corrected chi connectivity index (χ1v) is 7.61. The maximum absolute atomic E-state index is 12.8. The molecule has 1 saturated heterocycles. The highest BCUT2D eigenvalue weighted by molar-refractivity contribution is 5.88. The predicted octanol–water partition coefficient (Wildman–Crippen LogP) is 2.46. The fraction of sp³-hybridized carbons (Fsp3) is 0.588. The lowest BCUT2D eigenvalue weighted by Gasteiger charge is -2.36. The number of carbonyl (C=O) groups excluding carboxylic acids is 1. The summed E-state index contributed by atoms with van der Waals surface area (Å²) in [5.41, 5.74) is 1.75. The van der Waals surface area contributed by atoms with Crippen LogP contribution in [0.4, 0.5) is 0 Å². The Labute approximate surface area is 125 Å². The highest BCUT2D eigenvalue weighted by atomic mass is 16.5. The van der Waals surface area contributed by atoms with Crippen molar-refractivity contribution < 1.29 is 19.0 Å². The molecule has 1 fully saturated rings. The molecule has 2 aliphatic heterocycles. The van der Waals surface area contributed by atoms with Gasteiger partial charge < -0.3 is 14.2 Å². The van der Waals surface area contributed by atoms with Gasteiger partial charge in [0.2, 0.25) is 0 Å². The lowest BCUT2D eigenvalue weighted by Crippen LogP contribution is -2.46. The number of methoxy groups -OCH3 is 1. The molecule has 0 radical (unpaired) electrons. The van der Waals surface area contributed by atoms with E-state index in [1.54, 1.807) is 7.11 Å². The minimum absolute atomic E-state index is 0.134. The summed E-state index contributed by atoms with van der Waals surface area (Å²) in [6, 6.07) is 8.23. The molecule has 114 valence electrons. The average molecular weight is 290 g/mol. The Kier molecular flexibility index (Phi) is 4.38. The molecular weight excluding hydrogens is 268 g/mol. The summed E-state index contributed by atoms with van der Waals surface area (Å²) in [5, 5.41) is 0. The van der Waals surface area contributed by atoms with Crippen LogP contribution in [0, 0.1) is 0 Å². The Bertz CT molecular complexity index is 505. The van der Waals surface area contributed by atoms with Crippen LogP contribution in [0.2, 0.25) is 0 Å². The molecule has 0 spiro atoms. The van der Waals surface area contributed by atoms with E-state index in [4.69, 9.17) is 14.2 Å². The van der Waals surface area contributed by atoms with Crippen LogP contribution in [0.25, 0.3) is 0 Å². The van der Waals surface area contributed by atoms with Crippen LogP contribution < -0.4 is 0 Å². The highest BCUT2D eigenvalue weighted by Crippen LogP contribution is 2.34. The summed E-state index contributed by atoms with van der Waals surface area (Å²) >= 11 is 0. The number of ether oxygens (including phenoxy) is 3. The molecule has 1 unspecified atom stereocenters. The van der Waals surface area contributed by atoms with Gasteiger partial charge in [0.1, 0.15) is 5.60 Å². The van der Waals surface area contributed by atoms with E-state index < -0.39 is 5.60 Å². The second kappa shape index (κ2) is 6.26. The van der Waals surface area contributed by atoms with Gasteiger partial charge in [0, 0.05) is 39.6 Å². The van der Waals surface area contributed by atoms with E-state index in [0.29, 0.717) is 39.1 Å². The molecule has 4 nitrogen and oxygen atoms in total. The number of carbonyl (C=O) groups is 1. The Morgan fingerprint density at radius 3 is 2.81 bits per heavy atom. The van der Waals surface area contributed by atoms with Crippen molar-refractivity contribution in [2.75, 3.05) is 26.9 Å². The Morgan fingerprint density at radius 2 is 2.05 bits per heavy atom. The van der Waals surface area contributed by atoms with Gasteiger partial charge in [0.25, 0.3) is 0 Å². The normalized spacial score (nSPS) is 24.3. The van der Waals surface area contributed by atoms with Crippen molar-refractivity contribution in [3.63, 3.8) is 0 Å². The van der Waals surface area contributed by atoms with Gasteiger partial charge in [0.15, 0.2) is 5.78 Å². The molecule has 1 aromatic rings. The third kappa shape index (κ3) is 2.89. The van der Waals surface area contributed by atoms with Crippen molar-refractivity contribution in [3.8, 4) is 0 Å². The van der Waals surface area contributed by atoms with E-state index >= 15 is 0 Å². The summed E-state index contributed by atoms with van der Waals surface area (Å²) in [7, 11) is 1.62. The molecule has 4 heteroatoms. The molecular formula is C17H22O4. The first-order chi connectivity index (χ1) is 10.2. The maximum Gasteiger partial charge on any atom is 0.167 e. The van der Waals surface area contributed by atoms with Crippen LogP contribution in [-0.4, -0.2) is 38.3 Å². The molecule has 1 aromatic carbocycles. The van der Waals surface area contributed by atoms with Crippen LogP contribution in [0.5, 0.6) is 0 Å². The molecule has 1 atom stereocenters. The molecule has 0 bridgehead atoms. The van der Waals surface area contributed by atoms with Gasteiger partial charge in [-0.15, -0.1) is 0 Å². The van der Waals surface area contributed by atoms with Crippen molar-refractivity contribution >= 4 is 5.78 Å². The smallest absolute Gasteiger partial charge is 0.167 e. The van der Waals surface area contributed by atoms with Gasteiger partial charge >= 0.3 is 0 Å². The fourth-order valence-electron chi connectivity index (χ4n) is 3.30. The third-order valence-corrected chi connectivity index (χ3v) is 4.66. The first-order valence-electron chi connectivity index (χ1n) is 7.61. The summed E-state index contributed by atoms with van der Waals surface area (Å²) in [6.07, 6.45) is 2.43. The molecule has 2 aliphatic rings. The minimum Gasteiger partial charge on any atom is -0.381 e. The molecule has 0 N–H and O–H groups in total. The van der Waals surface area contributed by atoms with Gasteiger partial charge in [-0.05, 0) is 17.5 Å². The fourth-order valence-corrected chi connectivity index (χ4v) is 3.30. The Balaban J connectivity index is 1.76. The van der Waals surface area contributed by atoms with Gasteiger partial charge in [0.05, 0.1) is 12.7 Å². The lowest BCUT2D eigenvalue weighted by molar-refractivity contribution is -0.155. The monoisotopic (exact) mass is 290 g/mol. The van der Waals surface area contributed by atoms with Crippen LogP contribution >= 0.6 is 0 Å². The summed E-state index contributed by atoms with van der Waals surface area (Å²) in [4.78, 5) is 12.8. The number of fused-ring (bicyclic) bond motifs is 1. The number of ketones is 1. The molecule has 0 aromatic heterocycles. The topological polar surface area (TPSA) is 44.8 Å². The molecule has 2 heterocycles. The maximum atomic E-state index is 12.8. The van der Waals surface area contributed by atoms with Crippen molar-refractivity contribution in [1.82, 2.24) is 0 Å². The van der Waals surface area contributed by atoms with E-state index in [0.717, 1.165) is 12.0 Å². The average Bonchev–Trinajstić information content (AvgIpc) is 2.56. The second-order valence-electron chi connectivity index (χ2n) is 5.75. The Hall–Kier alpha value is -1.23. The van der Waals surface area contributed by atoms with E-state index in [1.807, 2.05) is 12.1 Å². The molecule has 0 aliphatic carbocycles. The largest absolute Gasteiger partial charge is 0.381 e. The highest BCUT2D eigenvalue weighted by Gasteiger charge is 2.41. The Morgan fingerprint density at radius 1 is 1.29 bits per heavy atom. The summed E-state index contributed by atoms with van der Waals surface area (Å²) in [5.74, 6) is 0.134. The zero-order valence-electron chi connectivity index (χ0n) is 12.5. The van der Waals surface area contributed by atoms with Gasteiger partial charge in [-0.3, -0.25) is 4.79 Å². The molecule has 0 saturated carbocycles. The molecule has 21 heavy (non-hydrogen) atoms. The number of Topliss-reactive ketones (excluding diaryl/α,β-unsaturated/α-hetero) is 1. The standard InChI is InChI=1S/C17H22O4/c1-19-17(7-10-20-11-8-17)16(18)12-15-14-5-3-2-4-13(14)6-9-21-15/h2-5,15H,6-12H2,1H3. The zero-order valence-corrected chi connectivity index (χ0v) is 12.5. The SMILES string of the molecule is COC1(C(=O)CC2OCCc3ccccc32)CCOCC1. The number of benzene rings is 1. The minimum atomic E-state index is -0.687. The van der Waals surface area contributed by atoms with Crippen molar-refractivity contribution in [3.05, 3.63) is 35.4 Å². The van der Waals surface area contributed by atoms with E-state index in [-0.39, 0.29) is 11.9 Å². The van der Waals surface area contributed by atoms with E-state index in [2.05, 4.69) is 12.1 Å². The third-order valence-electron chi connectivity index (χ3n) is 4.66. The lowest BCUT2D eigenvalue weighted by atomic mass is 9.84. The zero-order chi connectivity index (χ0) is 14.7. The van der Waals surface area contributed by atoms with Crippen molar-refractivity contribution in [2.24, 2.45) is 0 Å². The van der Waals surface area contributed by atoms with Gasteiger partial charge in [-0.25, -0.2) is 0 Å². The van der Waals surface area contributed by atoms with Crippen LogP contribution in [0.1, 0.15) is 36.5 Å². The molecule has 3 rings (SSSR count). The van der Waals surface area contributed by atoms with Crippen molar-refractivity contribution in [1.29, 1.82) is 0 Å². The van der Waals surface area contributed by atoms with E-state index in [9.17, 15) is 4.79 Å². The number of rotatable bonds is 4. The first kappa shape index (κ1) is 14.7. The van der Waals surface area contributed by atoms with E-state index in [1.165, 1.54) is 5.56 Å². The van der Waals surface area contributed by atoms with Crippen molar-refractivity contribution in [2.45, 2.75) is 37.4 Å². The number of hydrogen-bond donors (Lipinski definition) is 0. The summed E-state index contributed by atoms with van der Waals surface area (Å²) < 4.78 is 16.8. The van der Waals surface area contributed by atoms with Crippen LogP contribution in [-0.2, 0) is 25.4 Å². The molecule has 0 amide bonds. The number of hydrogen-bond acceptors (Lipinski definition) is 4. The van der Waals surface area contributed by atoms with Gasteiger partial charge in [-0.2, -0.15) is 0 Å². The van der Waals surface area contributed by atoms with Gasteiger partial charge in [-0.1, -0.05) is 24.3 Å². The predicted molar refractivity (Wildman–Crippen MR) is 78.3 cm³/mol. The summed E-state index contributed by atoms with van der Waals surface area (Å²) in [6.45, 7) is 1.85. The van der Waals surface area contributed by atoms with Crippen LogP contribution in [0.3, 0.4) is 0 Å². The quantitative estimate of drug-likeness (QED) is 0.854. The second-order valence-corrected chi connectivity index (χ2v) is 5.75.